The minimum Gasteiger partial charge on any atom is -0.546 e. The number of carboxylic acid groups (broad SMARTS) is 1. The number of carboxylic acids is 1. The molecule has 2 rings (SSSR count). The molecule has 2 aromatic carbocycles. The fourth-order valence-corrected chi connectivity index (χ4v) is 2.04. The van der Waals surface area contributed by atoms with Gasteiger partial charge < -0.3 is 19.4 Å². The van der Waals surface area contributed by atoms with Gasteiger partial charge in [0.15, 0.2) is 5.78 Å². The first-order chi connectivity index (χ1) is 12.1. The molecule has 0 aromatic heterocycles. The van der Waals surface area contributed by atoms with Crippen LogP contribution in [-0.2, 0) is 4.79 Å². The third-order valence-corrected chi connectivity index (χ3v) is 3.26. The van der Waals surface area contributed by atoms with Crippen molar-refractivity contribution in [1.29, 1.82) is 0 Å². The number of ether oxygens (including phenoxy) is 2. The van der Waals surface area contributed by atoms with E-state index < -0.39 is 12.6 Å². The Bertz CT molecular complexity index is 747. The number of aliphatic carboxylic acids is 1. The van der Waals surface area contributed by atoms with Gasteiger partial charge in [-0.1, -0.05) is 37.3 Å². The third-order valence-electron chi connectivity index (χ3n) is 3.26. The van der Waals surface area contributed by atoms with Crippen molar-refractivity contribution in [3.63, 3.8) is 0 Å². The van der Waals surface area contributed by atoms with Crippen LogP contribution in [0.25, 0.3) is 6.08 Å². The third kappa shape index (κ3) is 6.14. The molecule has 0 amide bonds. The Balaban J connectivity index is 1.99. The summed E-state index contributed by atoms with van der Waals surface area (Å²) in [6, 6.07) is 13.8. The molecule has 0 N–H and O–H groups in total. The van der Waals surface area contributed by atoms with Crippen LogP contribution in [0.4, 0.5) is 0 Å². The van der Waals surface area contributed by atoms with Crippen molar-refractivity contribution in [2.75, 3.05) is 13.2 Å². The van der Waals surface area contributed by atoms with Gasteiger partial charge in [0.2, 0.25) is 0 Å². The Morgan fingerprint density at radius 2 is 1.80 bits per heavy atom. The van der Waals surface area contributed by atoms with E-state index in [2.05, 4.69) is 0 Å². The second-order valence-electron chi connectivity index (χ2n) is 5.30. The molecular formula is C20H19O5-. The standard InChI is InChI=1S/C20H20O5/c1-2-12-24-17-9-6-15(7-10-17)8-11-19(21)16-4-3-5-18(13-16)25-14-20(22)23/h3-11,13H,2,12,14H2,1H3,(H,22,23)/p-1/b11-8+. The number of ketones is 1. The van der Waals surface area contributed by atoms with Crippen LogP contribution in [-0.4, -0.2) is 25.0 Å². The molecule has 5 nitrogen and oxygen atoms in total. The first kappa shape index (κ1) is 18.3. The van der Waals surface area contributed by atoms with Crippen molar-refractivity contribution in [3.8, 4) is 11.5 Å². The van der Waals surface area contributed by atoms with E-state index >= 15 is 0 Å². The lowest BCUT2D eigenvalue weighted by Crippen LogP contribution is -2.28. The highest BCUT2D eigenvalue weighted by molar-refractivity contribution is 6.07. The number of allylic oxidation sites excluding steroid dienone is 1. The summed E-state index contributed by atoms with van der Waals surface area (Å²) in [7, 11) is 0. The topological polar surface area (TPSA) is 75.7 Å². The number of hydrogen-bond donors (Lipinski definition) is 0. The Labute approximate surface area is 146 Å². The van der Waals surface area contributed by atoms with Crippen molar-refractivity contribution >= 4 is 17.8 Å². The normalized spacial score (nSPS) is 10.6. The highest BCUT2D eigenvalue weighted by Gasteiger charge is 2.04. The quantitative estimate of drug-likeness (QED) is 0.518. The van der Waals surface area contributed by atoms with E-state index in [4.69, 9.17) is 9.47 Å². The summed E-state index contributed by atoms with van der Waals surface area (Å²) < 4.78 is 10.5. The van der Waals surface area contributed by atoms with Crippen molar-refractivity contribution in [2.45, 2.75) is 13.3 Å². The van der Waals surface area contributed by atoms with Gasteiger partial charge >= 0.3 is 0 Å². The summed E-state index contributed by atoms with van der Waals surface area (Å²) in [4.78, 5) is 22.6. The molecule has 0 fully saturated rings. The predicted molar refractivity (Wildman–Crippen MR) is 92.5 cm³/mol. The van der Waals surface area contributed by atoms with Crippen LogP contribution in [0, 0.1) is 0 Å². The highest BCUT2D eigenvalue weighted by Crippen LogP contribution is 2.16. The molecule has 0 heterocycles. The van der Waals surface area contributed by atoms with E-state index in [0.717, 1.165) is 17.7 Å². The number of carbonyl (C=O) groups is 2. The van der Waals surface area contributed by atoms with E-state index in [1.165, 1.54) is 12.1 Å². The van der Waals surface area contributed by atoms with Gasteiger partial charge in [-0.15, -0.1) is 0 Å². The minimum absolute atomic E-state index is 0.204. The molecule has 130 valence electrons. The molecule has 0 radical (unpaired) electrons. The van der Waals surface area contributed by atoms with E-state index in [1.54, 1.807) is 24.3 Å². The average Bonchev–Trinajstić information content (AvgIpc) is 2.63. The maximum atomic E-state index is 12.2. The van der Waals surface area contributed by atoms with Crippen molar-refractivity contribution < 1.29 is 24.2 Å². The van der Waals surface area contributed by atoms with Crippen LogP contribution in [0.1, 0.15) is 29.3 Å². The molecule has 5 heteroatoms. The molecule has 25 heavy (non-hydrogen) atoms. The predicted octanol–water partition coefficient (Wildman–Crippen LogP) is 2.50. The Hall–Kier alpha value is -3.08. The maximum Gasteiger partial charge on any atom is 0.185 e. The molecule has 0 unspecified atom stereocenters. The van der Waals surface area contributed by atoms with Crippen molar-refractivity contribution in [1.82, 2.24) is 0 Å². The first-order valence-electron chi connectivity index (χ1n) is 7.96. The molecule has 2 aromatic rings. The van der Waals surface area contributed by atoms with Gasteiger partial charge in [-0.3, -0.25) is 4.79 Å². The van der Waals surface area contributed by atoms with Gasteiger partial charge in [0.05, 0.1) is 12.6 Å². The number of benzene rings is 2. The summed E-state index contributed by atoms with van der Waals surface area (Å²) in [5.41, 5.74) is 1.29. The molecule has 0 bridgehead atoms. The zero-order chi connectivity index (χ0) is 18.1. The zero-order valence-electron chi connectivity index (χ0n) is 13.9. The minimum atomic E-state index is -1.32. The number of rotatable bonds is 9. The van der Waals surface area contributed by atoms with Gasteiger partial charge in [0.1, 0.15) is 18.1 Å². The lowest BCUT2D eigenvalue weighted by molar-refractivity contribution is -0.307. The molecule has 0 atom stereocenters. The smallest absolute Gasteiger partial charge is 0.185 e. The first-order valence-corrected chi connectivity index (χ1v) is 7.96. The molecule has 0 aliphatic carbocycles. The van der Waals surface area contributed by atoms with Crippen LogP contribution < -0.4 is 14.6 Å². The van der Waals surface area contributed by atoms with Gasteiger partial charge in [0, 0.05) is 5.56 Å². The zero-order valence-corrected chi connectivity index (χ0v) is 13.9. The maximum absolute atomic E-state index is 12.2. The highest BCUT2D eigenvalue weighted by atomic mass is 16.5. The summed E-state index contributed by atoms with van der Waals surface area (Å²) in [6.07, 6.45) is 4.11. The summed E-state index contributed by atoms with van der Waals surface area (Å²) >= 11 is 0. The fraction of sp³-hybridized carbons (Fsp3) is 0.200. The van der Waals surface area contributed by atoms with Crippen molar-refractivity contribution in [3.05, 3.63) is 65.7 Å². The van der Waals surface area contributed by atoms with Gasteiger partial charge in [-0.25, -0.2) is 0 Å². The lowest BCUT2D eigenvalue weighted by Gasteiger charge is -2.07. The van der Waals surface area contributed by atoms with Crippen molar-refractivity contribution in [2.24, 2.45) is 0 Å². The van der Waals surface area contributed by atoms with Crippen LogP contribution in [0.3, 0.4) is 0 Å². The van der Waals surface area contributed by atoms with E-state index in [1.807, 2.05) is 31.2 Å². The van der Waals surface area contributed by atoms with Crippen LogP contribution in [0.2, 0.25) is 0 Å². The summed E-state index contributed by atoms with van der Waals surface area (Å²) in [5.74, 6) is -0.419. The molecular weight excluding hydrogens is 320 g/mol. The van der Waals surface area contributed by atoms with Gasteiger partial charge in [0.25, 0.3) is 0 Å². The monoisotopic (exact) mass is 339 g/mol. The van der Waals surface area contributed by atoms with Crippen LogP contribution in [0.5, 0.6) is 11.5 Å². The Morgan fingerprint density at radius 3 is 2.48 bits per heavy atom. The second kappa shape index (κ2) is 9.27. The molecule has 0 aliphatic rings. The van der Waals surface area contributed by atoms with Crippen LogP contribution in [0.15, 0.2) is 54.6 Å². The summed E-state index contributed by atoms with van der Waals surface area (Å²) in [5, 5.41) is 10.4. The Morgan fingerprint density at radius 1 is 1.04 bits per heavy atom. The van der Waals surface area contributed by atoms with Crippen LogP contribution >= 0.6 is 0 Å². The SMILES string of the molecule is CCCOc1ccc(/C=C/C(=O)c2cccc(OCC(=O)[O-])c2)cc1. The second-order valence-corrected chi connectivity index (χ2v) is 5.30. The molecule has 0 aliphatic heterocycles. The average molecular weight is 339 g/mol. The van der Waals surface area contributed by atoms with E-state index in [0.29, 0.717) is 17.9 Å². The number of carbonyl (C=O) groups excluding carboxylic acids is 2. The lowest BCUT2D eigenvalue weighted by atomic mass is 10.1. The molecule has 0 saturated heterocycles. The molecule has 0 saturated carbocycles. The van der Waals surface area contributed by atoms with Gasteiger partial charge in [-0.2, -0.15) is 0 Å². The van der Waals surface area contributed by atoms with E-state index in [-0.39, 0.29) is 5.78 Å². The fourth-order valence-electron chi connectivity index (χ4n) is 2.04. The Kier molecular flexibility index (Phi) is 6.77. The summed E-state index contributed by atoms with van der Waals surface area (Å²) in [6.45, 7) is 2.16. The number of hydrogen-bond acceptors (Lipinski definition) is 5. The molecule has 0 spiro atoms. The largest absolute Gasteiger partial charge is 0.546 e. The van der Waals surface area contributed by atoms with Gasteiger partial charge in [-0.05, 0) is 42.3 Å². The van der Waals surface area contributed by atoms with E-state index in [9.17, 15) is 14.7 Å².